The highest BCUT2D eigenvalue weighted by molar-refractivity contribution is 5.95. The van der Waals surface area contributed by atoms with Gasteiger partial charge >= 0.3 is 12.0 Å². The number of urea groups is 1. The Morgan fingerprint density at radius 2 is 1.79 bits per heavy atom. The molecule has 33 heavy (non-hydrogen) atoms. The third-order valence-electron chi connectivity index (χ3n) is 4.87. The van der Waals surface area contributed by atoms with E-state index in [4.69, 9.17) is 11.1 Å². The molecular weight excluding hydrogens is 422 g/mol. The van der Waals surface area contributed by atoms with Crippen LogP contribution in [0.3, 0.4) is 0 Å². The number of carboxylic acids is 1. The Balaban J connectivity index is 1.79. The minimum absolute atomic E-state index is 0.0170. The number of nitrogen functional groups attached to an aromatic ring is 1. The number of nitrogens with two attached hydrogens (primary N) is 1. The number of nitrogens with one attached hydrogen (secondary N) is 3. The predicted octanol–water partition coefficient (Wildman–Crippen LogP) is 2.35. The molecule has 0 aliphatic heterocycles. The lowest BCUT2D eigenvalue weighted by Gasteiger charge is -2.24. The van der Waals surface area contributed by atoms with Gasteiger partial charge in [0.2, 0.25) is 5.91 Å². The third-order valence-corrected chi connectivity index (χ3v) is 4.87. The van der Waals surface area contributed by atoms with Crippen molar-refractivity contribution in [3.8, 4) is 0 Å². The van der Waals surface area contributed by atoms with E-state index in [1.807, 2.05) is 0 Å². The highest BCUT2D eigenvalue weighted by Crippen LogP contribution is 2.13. The van der Waals surface area contributed by atoms with E-state index in [9.17, 15) is 19.5 Å². The lowest BCUT2D eigenvalue weighted by atomic mass is 10.1. The fraction of sp³-hybridized carbons (Fsp3) is 0.250. The first-order chi connectivity index (χ1) is 15.8. The Hall–Kier alpha value is -4.14. The summed E-state index contributed by atoms with van der Waals surface area (Å²) in [5.74, 6) is -1.43. The standard InChI is InChI=1S/C24H29N5O4/c1-2-29(24(33)28-21(23(31)32)18-7-4-3-5-8-18)16-6-15-27-20(30)14-11-17-9-12-19(13-10-17)22(25)26/h3-5,7-14,21H,2,6,15-16H2,1H3,(H3,25,26)(H,27,30)(H,28,33)(H,31,32)/b14-11+. The van der Waals surface area contributed by atoms with Gasteiger partial charge in [0.1, 0.15) is 5.84 Å². The van der Waals surface area contributed by atoms with Crippen LogP contribution in [0.25, 0.3) is 6.08 Å². The summed E-state index contributed by atoms with van der Waals surface area (Å²) < 4.78 is 0. The minimum atomic E-state index is -1.14. The maximum absolute atomic E-state index is 12.5. The van der Waals surface area contributed by atoms with Crippen molar-refractivity contribution in [2.24, 2.45) is 5.73 Å². The van der Waals surface area contributed by atoms with Crippen molar-refractivity contribution in [1.29, 1.82) is 5.41 Å². The second kappa shape index (κ2) is 12.7. The zero-order chi connectivity index (χ0) is 24.2. The van der Waals surface area contributed by atoms with Crippen LogP contribution in [0.1, 0.15) is 36.1 Å². The number of amides is 3. The van der Waals surface area contributed by atoms with Gasteiger partial charge in [-0.15, -0.1) is 0 Å². The molecule has 0 heterocycles. The molecule has 2 aromatic rings. The van der Waals surface area contributed by atoms with Gasteiger partial charge in [0, 0.05) is 31.3 Å². The summed E-state index contributed by atoms with van der Waals surface area (Å²) in [6.07, 6.45) is 3.57. The van der Waals surface area contributed by atoms with Crippen molar-refractivity contribution < 1.29 is 19.5 Å². The van der Waals surface area contributed by atoms with Crippen molar-refractivity contribution in [3.63, 3.8) is 0 Å². The van der Waals surface area contributed by atoms with Gasteiger partial charge in [0.15, 0.2) is 6.04 Å². The number of carbonyl (C=O) groups excluding carboxylic acids is 2. The van der Waals surface area contributed by atoms with E-state index in [-0.39, 0.29) is 11.7 Å². The average Bonchev–Trinajstić information content (AvgIpc) is 2.81. The van der Waals surface area contributed by atoms with E-state index < -0.39 is 18.0 Å². The molecule has 174 valence electrons. The van der Waals surface area contributed by atoms with Crippen LogP contribution < -0.4 is 16.4 Å². The first-order valence-electron chi connectivity index (χ1n) is 10.6. The molecule has 1 atom stereocenters. The molecule has 9 heteroatoms. The lowest BCUT2D eigenvalue weighted by molar-refractivity contribution is -0.139. The van der Waals surface area contributed by atoms with Crippen LogP contribution in [-0.2, 0) is 9.59 Å². The number of benzene rings is 2. The quantitative estimate of drug-likeness (QED) is 0.154. The van der Waals surface area contributed by atoms with E-state index in [0.717, 1.165) is 5.56 Å². The molecule has 6 N–H and O–H groups in total. The van der Waals surface area contributed by atoms with Crippen LogP contribution in [-0.4, -0.2) is 53.4 Å². The number of carboxylic acid groups (broad SMARTS) is 1. The molecule has 0 spiro atoms. The number of carbonyl (C=O) groups is 3. The van der Waals surface area contributed by atoms with Crippen LogP contribution in [0.4, 0.5) is 4.79 Å². The van der Waals surface area contributed by atoms with Gasteiger partial charge in [-0.2, -0.15) is 0 Å². The fourth-order valence-electron chi connectivity index (χ4n) is 3.04. The smallest absolute Gasteiger partial charge is 0.330 e. The Bertz CT molecular complexity index is 990. The predicted molar refractivity (Wildman–Crippen MR) is 127 cm³/mol. The molecule has 0 saturated carbocycles. The second-order valence-electron chi connectivity index (χ2n) is 7.22. The SMILES string of the molecule is CCN(CCCNC(=O)/C=C/c1ccc(C(=N)N)cc1)C(=O)NC(C(=O)O)c1ccccc1. The van der Waals surface area contributed by atoms with Gasteiger partial charge in [0.25, 0.3) is 0 Å². The van der Waals surface area contributed by atoms with Gasteiger partial charge in [0.05, 0.1) is 0 Å². The van der Waals surface area contributed by atoms with Gasteiger partial charge in [-0.1, -0.05) is 54.6 Å². The van der Waals surface area contributed by atoms with Gasteiger partial charge in [-0.25, -0.2) is 9.59 Å². The topological polar surface area (TPSA) is 149 Å². The summed E-state index contributed by atoms with van der Waals surface area (Å²) in [6.45, 7) is 2.92. The van der Waals surface area contributed by atoms with Crippen LogP contribution in [0, 0.1) is 5.41 Å². The van der Waals surface area contributed by atoms with Crippen LogP contribution in [0.5, 0.6) is 0 Å². The van der Waals surface area contributed by atoms with Crippen LogP contribution >= 0.6 is 0 Å². The van der Waals surface area contributed by atoms with Gasteiger partial charge in [-0.05, 0) is 30.5 Å². The molecule has 1 unspecified atom stereocenters. The van der Waals surface area contributed by atoms with Crippen molar-refractivity contribution >= 4 is 29.8 Å². The fourth-order valence-corrected chi connectivity index (χ4v) is 3.04. The maximum Gasteiger partial charge on any atom is 0.330 e. The van der Waals surface area contributed by atoms with E-state index in [1.54, 1.807) is 67.6 Å². The molecule has 0 radical (unpaired) electrons. The highest BCUT2D eigenvalue weighted by Gasteiger charge is 2.24. The molecule has 0 saturated heterocycles. The molecule has 0 aliphatic carbocycles. The molecular formula is C24H29N5O4. The third kappa shape index (κ3) is 8.13. The first kappa shape index (κ1) is 25.1. The van der Waals surface area contributed by atoms with Crippen molar-refractivity contribution in [3.05, 3.63) is 77.4 Å². The Morgan fingerprint density at radius 3 is 2.36 bits per heavy atom. The molecule has 2 rings (SSSR count). The lowest BCUT2D eigenvalue weighted by Crippen LogP contribution is -2.44. The summed E-state index contributed by atoms with van der Waals surface area (Å²) in [5, 5.41) is 22.2. The molecule has 3 amide bonds. The highest BCUT2D eigenvalue weighted by atomic mass is 16.4. The molecule has 0 aliphatic rings. The Morgan fingerprint density at radius 1 is 1.12 bits per heavy atom. The van der Waals surface area contributed by atoms with Crippen molar-refractivity contribution in [2.75, 3.05) is 19.6 Å². The molecule has 0 aromatic heterocycles. The van der Waals surface area contributed by atoms with Crippen LogP contribution in [0.15, 0.2) is 60.7 Å². The van der Waals surface area contributed by atoms with Gasteiger partial charge in [-0.3, -0.25) is 10.2 Å². The molecule has 0 bridgehead atoms. The largest absolute Gasteiger partial charge is 0.479 e. The maximum atomic E-state index is 12.5. The average molecular weight is 452 g/mol. The number of amidine groups is 1. The van der Waals surface area contributed by atoms with Gasteiger partial charge < -0.3 is 26.4 Å². The van der Waals surface area contributed by atoms with E-state index in [0.29, 0.717) is 37.2 Å². The first-order valence-corrected chi connectivity index (χ1v) is 10.6. The number of rotatable bonds is 11. The monoisotopic (exact) mass is 451 g/mol. The summed E-state index contributed by atoms with van der Waals surface area (Å²) in [4.78, 5) is 37.6. The number of aliphatic carboxylic acids is 1. The van der Waals surface area contributed by atoms with E-state index >= 15 is 0 Å². The molecule has 2 aromatic carbocycles. The molecule has 0 fully saturated rings. The normalized spacial score (nSPS) is 11.5. The van der Waals surface area contributed by atoms with E-state index in [1.165, 1.54) is 11.0 Å². The number of hydrogen-bond acceptors (Lipinski definition) is 4. The zero-order valence-corrected chi connectivity index (χ0v) is 18.5. The summed E-state index contributed by atoms with van der Waals surface area (Å²) in [7, 11) is 0. The number of nitrogens with zero attached hydrogens (tertiary/aromatic N) is 1. The summed E-state index contributed by atoms with van der Waals surface area (Å²) in [5.41, 5.74) is 7.32. The van der Waals surface area contributed by atoms with Crippen molar-refractivity contribution in [1.82, 2.24) is 15.5 Å². The summed E-state index contributed by atoms with van der Waals surface area (Å²) >= 11 is 0. The summed E-state index contributed by atoms with van der Waals surface area (Å²) in [6, 6.07) is 13.8. The molecule has 9 nitrogen and oxygen atoms in total. The Labute approximate surface area is 192 Å². The van der Waals surface area contributed by atoms with E-state index in [2.05, 4.69) is 10.6 Å². The zero-order valence-electron chi connectivity index (χ0n) is 18.5. The minimum Gasteiger partial charge on any atom is -0.479 e. The second-order valence-corrected chi connectivity index (χ2v) is 7.22. The van der Waals surface area contributed by atoms with Crippen molar-refractivity contribution in [2.45, 2.75) is 19.4 Å². The Kier molecular flexibility index (Phi) is 9.63. The van der Waals surface area contributed by atoms with Crippen LogP contribution in [0.2, 0.25) is 0 Å². The number of hydrogen-bond donors (Lipinski definition) is 5.